The molecule has 0 unspecified atom stereocenters. The number of nitrogens with zero attached hydrogens (tertiary/aromatic N) is 4. The number of anilines is 1. The van der Waals surface area contributed by atoms with Crippen LogP contribution in [-0.4, -0.2) is 25.3 Å². The lowest BCUT2D eigenvalue weighted by atomic mass is 10.2. The molecule has 8 heteroatoms. The zero-order valence-electron chi connectivity index (χ0n) is 12.7. The lowest BCUT2D eigenvalue weighted by molar-refractivity contribution is 0.765. The molecule has 5 nitrogen and oxygen atoms in total. The first kappa shape index (κ1) is 16.0. The normalized spacial score (nSPS) is 17.5. The van der Waals surface area contributed by atoms with Gasteiger partial charge >= 0.3 is 0 Å². The number of thioether (sulfide) groups is 1. The number of rotatable bonds is 4. The average molecular weight is 380 g/mol. The molecule has 3 aromatic rings. The summed E-state index contributed by atoms with van der Waals surface area (Å²) in [5, 5.41) is 13.8. The van der Waals surface area contributed by atoms with E-state index in [1.54, 1.807) is 18.3 Å². The largest absolute Gasteiger partial charge is 0.363 e. The van der Waals surface area contributed by atoms with E-state index in [-0.39, 0.29) is 0 Å². The summed E-state index contributed by atoms with van der Waals surface area (Å²) in [7, 11) is 0. The van der Waals surface area contributed by atoms with Crippen molar-refractivity contribution in [2.24, 2.45) is 0 Å². The Balaban J connectivity index is 1.61. The number of hydrogen-bond donors (Lipinski definition) is 1. The van der Waals surface area contributed by atoms with Gasteiger partial charge in [-0.05, 0) is 42.4 Å². The fraction of sp³-hybridized carbons (Fsp3) is 0.312. The maximum Gasteiger partial charge on any atom is 0.203 e. The predicted octanol–water partition coefficient (Wildman–Crippen LogP) is 4.61. The first-order valence-corrected chi connectivity index (χ1v) is 9.52. The van der Waals surface area contributed by atoms with Gasteiger partial charge in [0, 0.05) is 29.0 Å². The van der Waals surface area contributed by atoms with Crippen LogP contribution >= 0.6 is 35.0 Å². The highest BCUT2D eigenvalue weighted by atomic mass is 35.5. The summed E-state index contributed by atoms with van der Waals surface area (Å²) in [4.78, 5) is 4.40. The van der Waals surface area contributed by atoms with E-state index in [2.05, 4.69) is 20.5 Å². The zero-order chi connectivity index (χ0) is 16.5. The second-order valence-electron chi connectivity index (χ2n) is 5.62. The van der Waals surface area contributed by atoms with Crippen LogP contribution in [0.25, 0.3) is 5.65 Å². The van der Waals surface area contributed by atoms with E-state index < -0.39 is 0 Å². The Bertz CT molecular complexity index is 876. The second kappa shape index (κ2) is 6.78. The molecule has 124 valence electrons. The van der Waals surface area contributed by atoms with Gasteiger partial charge in [-0.15, -0.1) is 10.2 Å². The molecule has 1 aliphatic rings. The van der Waals surface area contributed by atoms with Gasteiger partial charge in [0.2, 0.25) is 5.65 Å². The maximum atomic E-state index is 6.22. The molecule has 0 radical (unpaired) electrons. The second-order valence-corrected chi connectivity index (χ2v) is 7.77. The van der Waals surface area contributed by atoms with Crippen molar-refractivity contribution in [2.45, 2.75) is 24.6 Å². The number of benzene rings is 1. The summed E-state index contributed by atoms with van der Waals surface area (Å²) in [6.07, 6.45) is 6.06. The lowest BCUT2D eigenvalue weighted by Gasteiger charge is -2.10. The molecule has 1 aromatic carbocycles. The van der Waals surface area contributed by atoms with Crippen molar-refractivity contribution in [1.82, 2.24) is 19.6 Å². The Morgan fingerprint density at radius 2 is 2.21 bits per heavy atom. The molecule has 0 spiro atoms. The van der Waals surface area contributed by atoms with Gasteiger partial charge in [0.05, 0.1) is 5.25 Å². The smallest absolute Gasteiger partial charge is 0.203 e. The van der Waals surface area contributed by atoms with Crippen LogP contribution in [0.15, 0.2) is 30.6 Å². The highest BCUT2D eigenvalue weighted by Crippen LogP contribution is 2.39. The van der Waals surface area contributed by atoms with Crippen LogP contribution in [0.1, 0.15) is 29.5 Å². The fourth-order valence-corrected chi connectivity index (χ4v) is 4.47. The molecule has 1 atom stereocenters. The Morgan fingerprint density at radius 1 is 1.29 bits per heavy atom. The van der Waals surface area contributed by atoms with Crippen LogP contribution in [0.4, 0.5) is 5.82 Å². The third-order valence-electron chi connectivity index (χ3n) is 4.03. The molecule has 1 fully saturated rings. The van der Waals surface area contributed by atoms with E-state index in [1.807, 2.05) is 28.4 Å². The molecule has 3 heterocycles. The number of fused-ring (bicyclic) bond motifs is 1. The summed E-state index contributed by atoms with van der Waals surface area (Å²) in [5.41, 5.74) is 1.65. The Hall–Kier alpha value is -1.50. The number of aromatic nitrogens is 4. The zero-order valence-corrected chi connectivity index (χ0v) is 15.1. The lowest BCUT2D eigenvalue weighted by Crippen LogP contribution is -2.05. The molecule has 4 rings (SSSR count). The van der Waals surface area contributed by atoms with Crippen molar-refractivity contribution in [1.29, 1.82) is 0 Å². The first-order valence-electron chi connectivity index (χ1n) is 7.71. The third-order valence-corrected chi connectivity index (χ3v) is 6.00. The van der Waals surface area contributed by atoms with Gasteiger partial charge in [0.15, 0.2) is 11.6 Å². The van der Waals surface area contributed by atoms with Gasteiger partial charge in [-0.25, -0.2) is 4.98 Å². The monoisotopic (exact) mass is 379 g/mol. The Labute approximate surface area is 153 Å². The average Bonchev–Trinajstić information content (AvgIpc) is 3.24. The van der Waals surface area contributed by atoms with Gasteiger partial charge in [-0.3, -0.25) is 4.40 Å². The van der Waals surface area contributed by atoms with Crippen LogP contribution in [0.2, 0.25) is 10.0 Å². The summed E-state index contributed by atoms with van der Waals surface area (Å²) >= 11 is 14.2. The van der Waals surface area contributed by atoms with Crippen molar-refractivity contribution in [3.63, 3.8) is 0 Å². The minimum absolute atomic E-state index is 0.414. The molecule has 1 aliphatic heterocycles. The molecule has 2 aromatic heterocycles. The molecule has 0 saturated carbocycles. The minimum atomic E-state index is 0.414. The van der Waals surface area contributed by atoms with Crippen LogP contribution in [0, 0.1) is 0 Å². The molecular weight excluding hydrogens is 365 g/mol. The predicted molar refractivity (Wildman–Crippen MR) is 99.0 cm³/mol. The fourth-order valence-electron chi connectivity index (χ4n) is 2.83. The van der Waals surface area contributed by atoms with Crippen LogP contribution in [0.5, 0.6) is 0 Å². The van der Waals surface area contributed by atoms with Crippen LogP contribution < -0.4 is 5.32 Å². The van der Waals surface area contributed by atoms with Gasteiger partial charge in [-0.1, -0.05) is 23.2 Å². The van der Waals surface area contributed by atoms with Crippen molar-refractivity contribution in [3.8, 4) is 0 Å². The topological polar surface area (TPSA) is 55.1 Å². The number of hydrogen-bond acceptors (Lipinski definition) is 5. The van der Waals surface area contributed by atoms with Gasteiger partial charge in [-0.2, -0.15) is 11.8 Å². The third kappa shape index (κ3) is 3.06. The Morgan fingerprint density at radius 3 is 3.04 bits per heavy atom. The molecule has 1 N–H and O–H groups in total. The van der Waals surface area contributed by atoms with E-state index in [0.717, 1.165) is 23.5 Å². The minimum Gasteiger partial charge on any atom is -0.363 e. The van der Waals surface area contributed by atoms with Crippen LogP contribution in [0.3, 0.4) is 0 Å². The molecule has 0 amide bonds. The van der Waals surface area contributed by atoms with E-state index in [9.17, 15) is 0 Å². The SMILES string of the molecule is Clc1ccc(Cl)c(CNc2nccn3c([C@@H]4CCCS4)nnc23)c1. The highest BCUT2D eigenvalue weighted by Gasteiger charge is 2.23. The van der Waals surface area contributed by atoms with Crippen molar-refractivity contribution < 1.29 is 0 Å². The van der Waals surface area contributed by atoms with Crippen LogP contribution in [-0.2, 0) is 6.54 Å². The van der Waals surface area contributed by atoms with Gasteiger partial charge < -0.3 is 5.32 Å². The first-order chi connectivity index (χ1) is 11.7. The Kier molecular flexibility index (Phi) is 4.52. The van der Waals surface area contributed by atoms with Crippen molar-refractivity contribution >= 4 is 46.4 Å². The molecule has 0 bridgehead atoms. The van der Waals surface area contributed by atoms with Gasteiger partial charge in [0.1, 0.15) is 0 Å². The summed E-state index contributed by atoms with van der Waals surface area (Å²) in [5.74, 6) is 2.87. The molecule has 0 aliphatic carbocycles. The standard InChI is InChI=1S/C16H15Cl2N5S/c17-11-3-4-12(18)10(8-11)9-20-14-16-22-21-15(13-2-1-7-24-13)23(16)6-5-19-14/h3-6,8,13H,1-2,7,9H2,(H,19,20)/t13-/m0/s1. The quantitative estimate of drug-likeness (QED) is 0.716. The van der Waals surface area contributed by atoms with E-state index in [1.165, 1.54) is 12.2 Å². The number of nitrogens with one attached hydrogen (secondary N) is 1. The van der Waals surface area contributed by atoms with Gasteiger partial charge in [0.25, 0.3) is 0 Å². The maximum absolute atomic E-state index is 6.22. The summed E-state index contributed by atoms with van der Waals surface area (Å²) < 4.78 is 2.03. The highest BCUT2D eigenvalue weighted by molar-refractivity contribution is 7.99. The molecular formula is C16H15Cl2N5S. The summed E-state index contributed by atoms with van der Waals surface area (Å²) in [6, 6.07) is 5.42. The van der Waals surface area contributed by atoms with E-state index >= 15 is 0 Å². The molecule has 24 heavy (non-hydrogen) atoms. The van der Waals surface area contributed by atoms with Crippen molar-refractivity contribution in [3.05, 3.63) is 52.0 Å². The summed E-state index contributed by atoms with van der Waals surface area (Å²) in [6.45, 7) is 0.520. The number of halogens is 2. The van der Waals surface area contributed by atoms with E-state index in [4.69, 9.17) is 23.2 Å². The van der Waals surface area contributed by atoms with Crippen molar-refractivity contribution in [2.75, 3.05) is 11.1 Å². The van der Waals surface area contributed by atoms with E-state index in [0.29, 0.717) is 27.7 Å². The molecule has 1 saturated heterocycles.